The standard InChI is InChI=1S/C11H25NO/c1-6-11(5,7-8-13)12-10(4)9(2)3/h9-10,12-13H,6-8H2,1-5H3. The van der Waals surface area contributed by atoms with E-state index in [9.17, 15) is 0 Å². The van der Waals surface area contributed by atoms with Crippen molar-refractivity contribution in [2.45, 2.75) is 59.0 Å². The first kappa shape index (κ1) is 12.9. The molecule has 0 heterocycles. The molecule has 80 valence electrons. The Hall–Kier alpha value is -0.0800. The lowest BCUT2D eigenvalue weighted by Crippen LogP contribution is -2.49. The van der Waals surface area contributed by atoms with E-state index in [4.69, 9.17) is 5.11 Å². The first-order valence-corrected chi connectivity index (χ1v) is 5.33. The second-order valence-corrected chi connectivity index (χ2v) is 4.56. The molecule has 0 spiro atoms. The largest absolute Gasteiger partial charge is 0.396 e. The van der Waals surface area contributed by atoms with Crippen LogP contribution in [-0.4, -0.2) is 23.3 Å². The van der Waals surface area contributed by atoms with Crippen LogP contribution < -0.4 is 5.32 Å². The Morgan fingerprint density at radius 2 is 1.85 bits per heavy atom. The van der Waals surface area contributed by atoms with Crippen molar-refractivity contribution in [3.8, 4) is 0 Å². The van der Waals surface area contributed by atoms with Crippen molar-refractivity contribution in [2.75, 3.05) is 6.61 Å². The lowest BCUT2D eigenvalue weighted by atomic mass is 9.92. The van der Waals surface area contributed by atoms with Crippen molar-refractivity contribution >= 4 is 0 Å². The monoisotopic (exact) mass is 187 g/mol. The second kappa shape index (κ2) is 5.61. The maximum absolute atomic E-state index is 8.94. The Bertz CT molecular complexity index is 136. The first-order valence-electron chi connectivity index (χ1n) is 5.33. The van der Waals surface area contributed by atoms with Crippen molar-refractivity contribution in [1.82, 2.24) is 5.32 Å². The summed E-state index contributed by atoms with van der Waals surface area (Å²) in [6, 6.07) is 0.511. The van der Waals surface area contributed by atoms with E-state index in [1.54, 1.807) is 0 Å². The second-order valence-electron chi connectivity index (χ2n) is 4.56. The smallest absolute Gasteiger partial charge is 0.0448 e. The zero-order valence-corrected chi connectivity index (χ0v) is 9.72. The van der Waals surface area contributed by atoms with Gasteiger partial charge in [0.25, 0.3) is 0 Å². The number of hydrogen-bond donors (Lipinski definition) is 2. The summed E-state index contributed by atoms with van der Waals surface area (Å²) in [5, 5.41) is 12.5. The molecule has 0 fully saturated rings. The number of hydrogen-bond acceptors (Lipinski definition) is 2. The molecule has 0 saturated heterocycles. The minimum atomic E-state index is 0.0957. The van der Waals surface area contributed by atoms with E-state index in [-0.39, 0.29) is 12.1 Å². The fourth-order valence-corrected chi connectivity index (χ4v) is 1.31. The van der Waals surface area contributed by atoms with Gasteiger partial charge < -0.3 is 10.4 Å². The van der Waals surface area contributed by atoms with Gasteiger partial charge in [0.15, 0.2) is 0 Å². The molecule has 2 nitrogen and oxygen atoms in total. The van der Waals surface area contributed by atoms with Gasteiger partial charge >= 0.3 is 0 Å². The van der Waals surface area contributed by atoms with E-state index in [2.05, 4.69) is 39.9 Å². The van der Waals surface area contributed by atoms with Gasteiger partial charge in [-0.1, -0.05) is 20.8 Å². The van der Waals surface area contributed by atoms with Gasteiger partial charge in [-0.3, -0.25) is 0 Å². The summed E-state index contributed by atoms with van der Waals surface area (Å²) in [6.07, 6.45) is 1.89. The molecule has 0 saturated carbocycles. The Kier molecular flexibility index (Phi) is 5.57. The summed E-state index contributed by atoms with van der Waals surface area (Å²) in [5.74, 6) is 0.643. The first-order chi connectivity index (χ1) is 5.95. The van der Waals surface area contributed by atoms with Crippen LogP contribution in [0.3, 0.4) is 0 Å². The average Bonchev–Trinajstić information content (AvgIpc) is 2.04. The van der Waals surface area contributed by atoms with Crippen LogP contribution in [0.1, 0.15) is 47.5 Å². The number of aliphatic hydroxyl groups excluding tert-OH is 1. The summed E-state index contributed by atoms with van der Waals surface area (Å²) in [7, 11) is 0. The highest BCUT2D eigenvalue weighted by Gasteiger charge is 2.23. The fourth-order valence-electron chi connectivity index (χ4n) is 1.31. The summed E-state index contributed by atoms with van der Waals surface area (Å²) >= 11 is 0. The Labute approximate surface area is 82.7 Å². The van der Waals surface area contributed by atoms with Gasteiger partial charge in [0.05, 0.1) is 0 Å². The summed E-state index contributed by atoms with van der Waals surface area (Å²) in [5.41, 5.74) is 0.0957. The Morgan fingerprint density at radius 1 is 1.31 bits per heavy atom. The number of rotatable bonds is 6. The van der Waals surface area contributed by atoms with E-state index < -0.39 is 0 Å². The summed E-state index contributed by atoms with van der Waals surface area (Å²) in [4.78, 5) is 0. The molecule has 0 aromatic carbocycles. The predicted molar refractivity (Wildman–Crippen MR) is 57.8 cm³/mol. The molecule has 0 bridgehead atoms. The van der Waals surface area contributed by atoms with Crippen molar-refractivity contribution < 1.29 is 5.11 Å². The van der Waals surface area contributed by atoms with E-state index in [1.165, 1.54) is 0 Å². The molecule has 0 amide bonds. The minimum absolute atomic E-state index is 0.0957. The lowest BCUT2D eigenvalue weighted by molar-refractivity contribution is 0.194. The zero-order valence-electron chi connectivity index (χ0n) is 9.72. The SMILES string of the molecule is CCC(C)(CCO)NC(C)C(C)C. The van der Waals surface area contributed by atoms with Gasteiger partial charge in [-0.2, -0.15) is 0 Å². The van der Waals surface area contributed by atoms with Gasteiger partial charge in [-0.15, -0.1) is 0 Å². The number of aliphatic hydroxyl groups is 1. The molecule has 0 radical (unpaired) electrons. The molecule has 0 rings (SSSR count). The molecule has 2 N–H and O–H groups in total. The molecule has 2 heteroatoms. The van der Waals surface area contributed by atoms with Crippen LogP contribution in [0.4, 0.5) is 0 Å². The fraction of sp³-hybridized carbons (Fsp3) is 1.00. The van der Waals surface area contributed by atoms with Gasteiger partial charge in [-0.05, 0) is 32.6 Å². The minimum Gasteiger partial charge on any atom is -0.396 e. The molecule has 0 aromatic heterocycles. The van der Waals surface area contributed by atoms with Crippen molar-refractivity contribution in [2.24, 2.45) is 5.92 Å². The molecule has 0 aliphatic rings. The third kappa shape index (κ3) is 4.63. The van der Waals surface area contributed by atoms with Crippen LogP contribution in [0.15, 0.2) is 0 Å². The van der Waals surface area contributed by atoms with E-state index >= 15 is 0 Å². The molecule has 2 atom stereocenters. The van der Waals surface area contributed by atoms with Crippen molar-refractivity contribution in [3.05, 3.63) is 0 Å². The van der Waals surface area contributed by atoms with Gasteiger partial charge in [-0.25, -0.2) is 0 Å². The Balaban J connectivity index is 4.09. The summed E-state index contributed by atoms with van der Waals surface area (Å²) < 4.78 is 0. The van der Waals surface area contributed by atoms with Crippen LogP contribution in [0.25, 0.3) is 0 Å². The molecule has 0 aliphatic carbocycles. The number of nitrogens with one attached hydrogen (secondary N) is 1. The predicted octanol–water partition coefficient (Wildman–Crippen LogP) is 2.17. The highest BCUT2D eigenvalue weighted by atomic mass is 16.3. The summed E-state index contributed by atoms with van der Waals surface area (Å²) in [6.45, 7) is 11.2. The van der Waals surface area contributed by atoms with Gasteiger partial charge in [0.1, 0.15) is 0 Å². The van der Waals surface area contributed by atoms with E-state index in [0.29, 0.717) is 12.0 Å². The highest BCUT2D eigenvalue weighted by Crippen LogP contribution is 2.16. The molecule has 13 heavy (non-hydrogen) atoms. The molecule has 0 aromatic rings. The van der Waals surface area contributed by atoms with Crippen LogP contribution >= 0.6 is 0 Å². The zero-order chi connectivity index (χ0) is 10.5. The van der Waals surface area contributed by atoms with Gasteiger partial charge in [0, 0.05) is 18.2 Å². The third-order valence-corrected chi connectivity index (χ3v) is 3.02. The topological polar surface area (TPSA) is 32.3 Å². The maximum Gasteiger partial charge on any atom is 0.0448 e. The van der Waals surface area contributed by atoms with E-state index in [0.717, 1.165) is 12.8 Å². The maximum atomic E-state index is 8.94. The van der Waals surface area contributed by atoms with Gasteiger partial charge in [0.2, 0.25) is 0 Å². The molecule has 2 unspecified atom stereocenters. The van der Waals surface area contributed by atoms with Crippen LogP contribution in [0.5, 0.6) is 0 Å². The highest BCUT2D eigenvalue weighted by molar-refractivity contribution is 4.84. The lowest BCUT2D eigenvalue weighted by Gasteiger charge is -2.34. The van der Waals surface area contributed by atoms with Crippen LogP contribution in [-0.2, 0) is 0 Å². The molecular formula is C11H25NO. The van der Waals surface area contributed by atoms with Crippen molar-refractivity contribution in [3.63, 3.8) is 0 Å². The van der Waals surface area contributed by atoms with Crippen LogP contribution in [0, 0.1) is 5.92 Å². The molecule has 0 aliphatic heterocycles. The normalized spacial score (nSPS) is 18.7. The quantitative estimate of drug-likeness (QED) is 0.668. The van der Waals surface area contributed by atoms with Crippen molar-refractivity contribution in [1.29, 1.82) is 0 Å². The molecular weight excluding hydrogens is 162 g/mol. The van der Waals surface area contributed by atoms with E-state index in [1.807, 2.05) is 0 Å². The average molecular weight is 187 g/mol. The van der Waals surface area contributed by atoms with Crippen LogP contribution in [0.2, 0.25) is 0 Å². The third-order valence-electron chi connectivity index (χ3n) is 3.02. The Morgan fingerprint density at radius 3 is 2.15 bits per heavy atom.